The number of nitrogens with two attached hydrogens (primary N) is 1. The highest BCUT2D eigenvalue weighted by atomic mass is 32.2. The molecule has 3 N–H and O–H groups in total. The molecule has 0 bridgehead atoms. The minimum atomic E-state index is -2.91. The number of rotatable bonds is 4. The summed E-state index contributed by atoms with van der Waals surface area (Å²) in [6, 6.07) is 3.90. The molecule has 1 aliphatic rings. The number of H-pyrrole nitrogens is 1. The number of nitrogens with one attached hydrogen (secondary N) is 1. The first kappa shape index (κ1) is 16.9. The number of hydrogen-bond acceptors (Lipinski definition) is 6. The second-order valence-corrected chi connectivity index (χ2v) is 10.4. The Hall–Kier alpha value is -1.55. The average molecular weight is 397 g/mol. The summed E-state index contributed by atoms with van der Waals surface area (Å²) in [4.78, 5) is 21.9. The molecule has 0 saturated carbocycles. The SMILES string of the molecule is C[C@@H]([NH2+][C@H]1CCS(=O)(=O)C1)c1nc2scc(-c3cccs3)c2c(=O)[nH]1. The van der Waals surface area contributed by atoms with Gasteiger partial charge in [0.25, 0.3) is 5.56 Å². The lowest BCUT2D eigenvalue weighted by Gasteiger charge is -2.14. The highest BCUT2D eigenvalue weighted by molar-refractivity contribution is 7.91. The van der Waals surface area contributed by atoms with Crippen LogP contribution in [0.5, 0.6) is 0 Å². The monoisotopic (exact) mass is 396 g/mol. The summed E-state index contributed by atoms with van der Waals surface area (Å²) in [5, 5.41) is 6.59. The molecule has 0 radical (unpaired) electrons. The van der Waals surface area contributed by atoms with E-state index in [1.807, 2.05) is 35.1 Å². The molecule has 4 heterocycles. The van der Waals surface area contributed by atoms with Crippen LogP contribution in [-0.4, -0.2) is 35.9 Å². The van der Waals surface area contributed by atoms with Crippen LogP contribution in [0.15, 0.2) is 27.7 Å². The maximum Gasteiger partial charge on any atom is 0.260 e. The number of nitrogens with zero attached hydrogens (tertiary/aromatic N) is 1. The van der Waals surface area contributed by atoms with Crippen molar-refractivity contribution in [2.24, 2.45) is 0 Å². The van der Waals surface area contributed by atoms with Gasteiger partial charge in [0.05, 0.1) is 11.1 Å². The Morgan fingerprint density at radius 2 is 2.24 bits per heavy atom. The van der Waals surface area contributed by atoms with Crippen LogP contribution in [0.3, 0.4) is 0 Å². The van der Waals surface area contributed by atoms with Crippen LogP contribution in [0, 0.1) is 0 Å². The Morgan fingerprint density at radius 1 is 1.40 bits per heavy atom. The van der Waals surface area contributed by atoms with E-state index in [9.17, 15) is 13.2 Å². The molecule has 0 unspecified atom stereocenters. The van der Waals surface area contributed by atoms with E-state index in [1.54, 1.807) is 11.3 Å². The van der Waals surface area contributed by atoms with E-state index in [4.69, 9.17) is 0 Å². The van der Waals surface area contributed by atoms with Crippen LogP contribution in [-0.2, 0) is 9.84 Å². The topological polar surface area (TPSA) is 96.5 Å². The van der Waals surface area contributed by atoms with Crippen molar-refractivity contribution >= 4 is 42.7 Å². The molecule has 1 saturated heterocycles. The Kier molecular flexibility index (Phi) is 4.27. The molecule has 9 heteroatoms. The van der Waals surface area contributed by atoms with Crippen LogP contribution in [0.4, 0.5) is 0 Å². The summed E-state index contributed by atoms with van der Waals surface area (Å²) >= 11 is 3.07. The van der Waals surface area contributed by atoms with E-state index in [1.165, 1.54) is 11.3 Å². The summed E-state index contributed by atoms with van der Waals surface area (Å²) < 4.78 is 23.2. The molecular formula is C16H18N3O3S3+. The van der Waals surface area contributed by atoms with Gasteiger partial charge >= 0.3 is 0 Å². The van der Waals surface area contributed by atoms with Crippen molar-refractivity contribution in [2.75, 3.05) is 11.5 Å². The van der Waals surface area contributed by atoms with Crippen molar-refractivity contribution in [2.45, 2.75) is 25.4 Å². The fourth-order valence-electron chi connectivity index (χ4n) is 3.27. The highest BCUT2D eigenvalue weighted by Crippen LogP contribution is 2.33. The molecule has 3 aromatic rings. The second-order valence-electron chi connectivity index (χ2n) is 6.40. The van der Waals surface area contributed by atoms with Crippen LogP contribution in [0.25, 0.3) is 20.7 Å². The molecule has 0 aliphatic carbocycles. The van der Waals surface area contributed by atoms with Crippen molar-refractivity contribution in [1.29, 1.82) is 0 Å². The highest BCUT2D eigenvalue weighted by Gasteiger charge is 2.32. The summed E-state index contributed by atoms with van der Waals surface area (Å²) in [7, 11) is -2.91. The predicted molar refractivity (Wildman–Crippen MR) is 101 cm³/mol. The van der Waals surface area contributed by atoms with Crippen LogP contribution in [0.1, 0.15) is 25.2 Å². The van der Waals surface area contributed by atoms with Gasteiger partial charge in [-0.3, -0.25) is 4.79 Å². The standard InChI is InChI=1S/C16H17N3O3S3/c1-9(17-10-4-6-25(21,22)8-10)14-18-15(20)13-11(7-24-16(13)19-14)12-3-2-5-23-12/h2-3,5,7,9-10,17H,4,6,8H2,1H3,(H,18,19,20)/p+1/t9-,10+/m1/s1. The average Bonchev–Trinajstić information content (AvgIpc) is 3.26. The van der Waals surface area contributed by atoms with Crippen LogP contribution < -0.4 is 10.9 Å². The fraction of sp³-hybridized carbons (Fsp3) is 0.375. The smallest absolute Gasteiger partial charge is 0.260 e. The number of hydrogen-bond donors (Lipinski definition) is 2. The van der Waals surface area contributed by atoms with E-state index in [-0.39, 0.29) is 29.1 Å². The van der Waals surface area contributed by atoms with Crippen LogP contribution in [0.2, 0.25) is 0 Å². The molecule has 25 heavy (non-hydrogen) atoms. The zero-order valence-electron chi connectivity index (χ0n) is 13.6. The molecule has 3 aromatic heterocycles. The second kappa shape index (κ2) is 6.31. The molecule has 0 aromatic carbocycles. The van der Waals surface area contributed by atoms with E-state index >= 15 is 0 Å². The van der Waals surface area contributed by atoms with E-state index in [2.05, 4.69) is 9.97 Å². The van der Waals surface area contributed by atoms with Gasteiger partial charge in [0.15, 0.2) is 15.7 Å². The zero-order chi connectivity index (χ0) is 17.6. The lowest BCUT2D eigenvalue weighted by molar-refractivity contribution is -0.721. The fourth-order valence-corrected chi connectivity index (χ4v) is 6.80. The van der Waals surface area contributed by atoms with Gasteiger partial charge in [-0.2, -0.15) is 0 Å². The minimum Gasteiger partial charge on any atom is -0.334 e. The Labute approximate surface area is 152 Å². The maximum absolute atomic E-state index is 12.6. The largest absolute Gasteiger partial charge is 0.334 e. The molecular weight excluding hydrogens is 378 g/mol. The van der Waals surface area contributed by atoms with Gasteiger partial charge in [-0.1, -0.05) is 6.07 Å². The Bertz CT molecular complexity index is 1070. The van der Waals surface area contributed by atoms with Gasteiger partial charge in [-0.15, -0.1) is 22.7 Å². The quantitative estimate of drug-likeness (QED) is 0.699. The molecule has 132 valence electrons. The van der Waals surface area contributed by atoms with E-state index in [0.29, 0.717) is 17.6 Å². The first-order valence-electron chi connectivity index (χ1n) is 8.03. The minimum absolute atomic E-state index is 0.0333. The van der Waals surface area contributed by atoms with E-state index < -0.39 is 9.84 Å². The van der Waals surface area contributed by atoms with Gasteiger partial charge in [0, 0.05) is 22.2 Å². The predicted octanol–water partition coefficient (Wildman–Crippen LogP) is 1.52. The molecule has 2 atom stereocenters. The number of aromatic amines is 1. The number of fused-ring (bicyclic) bond motifs is 1. The molecule has 6 nitrogen and oxygen atoms in total. The first-order valence-corrected chi connectivity index (χ1v) is 11.6. The van der Waals surface area contributed by atoms with Crippen molar-refractivity contribution in [3.8, 4) is 10.4 Å². The Balaban J connectivity index is 1.64. The number of sulfone groups is 1. The van der Waals surface area contributed by atoms with Gasteiger partial charge in [0.2, 0.25) is 0 Å². The molecule has 4 rings (SSSR count). The van der Waals surface area contributed by atoms with E-state index in [0.717, 1.165) is 15.3 Å². The van der Waals surface area contributed by atoms with Crippen molar-refractivity contribution < 1.29 is 13.7 Å². The molecule has 1 fully saturated rings. The summed E-state index contributed by atoms with van der Waals surface area (Å²) in [6.07, 6.45) is 0.653. The molecule has 0 spiro atoms. The third kappa shape index (κ3) is 3.29. The van der Waals surface area contributed by atoms with Gasteiger partial charge in [-0.25, -0.2) is 13.4 Å². The Morgan fingerprint density at radius 3 is 2.92 bits per heavy atom. The van der Waals surface area contributed by atoms with Crippen molar-refractivity contribution in [1.82, 2.24) is 9.97 Å². The first-order chi connectivity index (χ1) is 11.9. The third-order valence-electron chi connectivity index (χ3n) is 4.51. The normalized spacial score (nSPS) is 20.9. The number of quaternary nitrogens is 1. The summed E-state index contributed by atoms with van der Waals surface area (Å²) in [6.45, 7) is 1.95. The van der Waals surface area contributed by atoms with Gasteiger partial charge in [0.1, 0.15) is 22.7 Å². The lowest BCUT2D eigenvalue weighted by Crippen LogP contribution is -2.91. The van der Waals surface area contributed by atoms with Crippen LogP contribution >= 0.6 is 22.7 Å². The van der Waals surface area contributed by atoms with Gasteiger partial charge < -0.3 is 10.3 Å². The molecule has 0 amide bonds. The zero-order valence-corrected chi connectivity index (χ0v) is 16.0. The molecule has 1 aliphatic heterocycles. The lowest BCUT2D eigenvalue weighted by atomic mass is 10.2. The number of thiophene rings is 2. The number of aromatic nitrogens is 2. The third-order valence-corrected chi connectivity index (χ3v) is 8.08. The van der Waals surface area contributed by atoms with Crippen molar-refractivity contribution in [3.05, 3.63) is 39.1 Å². The van der Waals surface area contributed by atoms with Crippen molar-refractivity contribution in [3.63, 3.8) is 0 Å². The summed E-state index contributed by atoms with van der Waals surface area (Å²) in [5.41, 5.74) is 0.790. The van der Waals surface area contributed by atoms with Gasteiger partial charge in [-0.05, 0) is 18.4 Å². The maximum atomic E-state index is 12.6. The summed E-state index contributed by atoms with van der Waals surface area (Å²) in [5.74, 6) is 1.05.